The minimum absolute atomic E-state index is 0.0178. The monoisotopic (exact) mass is 490 g/mol. The zero-order valence-electron chi connectivity index (χ0n) is 13.3. The van der Waals surface area contributed by atoms with Crippen LogP contribution in [0.2, 0.25) is 5.02 Å². The lowest BCUT2D eigenvalue weighted by Gasteiger charge is -2.30. The highest BCUT2D eigenvalue weighted by atomic mass is 127. The van der Waals surface area contributed by atoms with E-state index < -0.39 is 32.4 Å². The third-order valence-electron chi connectivity index (χ3n) is 3.18. The van der Waals surface area contributed by atoms with Crippen LogP contribution in [0.3, 0.4) is 0 Å². The molecule has 1 aromatic carbocycles. The van der Waals surface area contributed by atoms with E-state index in [2.05, 4.69) is 5.32 Å². The third kappa shape index (κ3) is 4.12. The number of hydrogen-bond acceptors (Lipinski definition) is 4. The lowest BCUT2D eigenvalue weighted by molar-refractivity contribution is 0.0636. The smallest absolute Gasteiger partial charge is 0.412 e. The second-order valence-corrected chi connectivity index (χ2v) is 9.61. The molecular formula is C14H17ClFIN2O4S. The molecule has 1 heterocycles. The van der Waals surface area contributed by atoms with Crippen molar-refractivity contribution in [2.24, 2.45) is 0 Å². The van der Waals surface area contributed by atoms with Crippen molar-refractivity contribution >= 4 is 56.0 Å². The van der Waals surface area contributed by atoms with Gasteiger partial charge in [-0.3, -0.25) is 5.32 Å². The van der Waals surface area contributed by atoms with E-state index in [9.17, 15) is 17.6 Å². The number of carbonyl (C=O) groups is 1. The highest BCUT2D eigenvalue weighted by Crippen LogP contribution is 2.36. The minimum atomic E-state index is -3.96. The molecular weight excluding hydrogens is 474 g/mol. The van der Waals surface area contributed by atoms with Crippen molar-refractivity contribution in [2.45, 2.75) is 37.7 Å². The van der Waals surface area contributed by atoms with Gasteiger partial charge in [0.1, 0.15) is 10.5 Å². The van der Waals surface area contributed by atoms with E-state index in [1.807, 2.05) is 0 Å². The lowest BCUT2D eigenvalue weighted by Crippen LogP contribution is -2.42. The van der Waals surface area contributed by atoms with Crippen molar-refractivity contribution in [3.05, 3.63) is 20.5 Å². The highest BCUT2D eigenvalue weighted by molar-refractivity contribution is 14.1. The summed E-state index contributed by atoms with van der Waals surface area (Å²) in [7, 11) is -3.96. The first-order valence-corrected chi connectivity index (χ1v) is 10.0. The molecule has 1 aromatic rings. The highest BCUT2D eigenvalue weighted by Gasteiger charge is 2.34. The van der Waals surface area contributed by atoms with Crippen LogP contribution in [-0.4, -0.2) is 37.5 Å². The van der Waals surface area contributed by atoms with Crippen LogP contribution in [0.1, 0.15) is 27.2 Å². The van der Waals surface area contributed by atoms with Crippen molar-refractivity contribution in [3.8, 4) is 0 Å². The van der Waals surface area contributed by atoms with Crippen molar-refractivity contribution in [1.29, 1.82) is 0 Å². The molecule has 0 unspecified atom stereocenters. The molecule has 0 atom stereocenters. The van der Waals surface area contributed by atoms with Gasteiger partial charge < -0.3 is 4.74 Å². The topological polar surface area (TPSA) is 75.7 Å². The van der Waals surface area contributed by atoms with Crippen molar-refractivity contribution < 1.29 is 22.3 Å². The van der Waals surface area contributed by atoms with Crippen LogP contribution >= 0.6 is 34.2 Å². The van der Waals surface area contributed by atoms with Gasteiger partial charge in [0.2, 0.25) is 10.0 Å². The number of nitrogens with one attached hydrogen (secondary N) is 1. The van der Waals surface area contributed by atoms with Gasteiger partial charge in [0.05, 0.1) is 14.3 Å². The summed E-state index contributed by atoms with van der Waals surface area (Å²) in [5.74, 6) is -0.928. The number of hydrogen-bond donors (Lipinski definition) is 1. The zero-order valence-corrected chi connectivity index (χ0v) is 17.1. The maximum Gasteiger partial charge on any atom is 0.412 e. The Balaban J connectivity index is 2.41. The van der Waals surface area contributed by atoms with E-state index >= 15 is 0 Å². The van der Waals surface area contributed by atoms with Crippen molar-refractivity contribution in [1.82, 2.24) is 4.31 Å². The van der Waals surface area contributed by atoms with Crippen LogP contribution in [-0.2, 0) is 14.8 Å². The summed E-state index contributed by atoms with van der Waals surface area (Å²) in [6.45, 7) is 5.73. The predicted octanol–water partition coefficient (Wildman–Crippen LogP) is 3.83. The number of ether oxygens (including phenoxy) is 1. The number of carbonyl (C=O) groups excluding carboxylic acids is 1. The first kappa shape index (κ1) is 19.7. The molecule has 1 aliphatic heterocycles. The van der Waals surface area contributed by atoms with E-state index in [4.69, 9.17) is 16.3 Å². The number of sulfonamides is 1. The average Bonchev–Trinajstić information content (AvgIpc) is 2.34. The van der Waals surface area contributed by atoms with Gasteiger partial charge in [0, 0.05) is 13.1 Å². The molecule has 0 radical (unpaired) electrons. The fourth-order valence-corrected chi connectivity index (χ4v) is 4.50. The van der Waals surface area contributed by atoms with Crippen LogP contribution in [0.15, 0.2) is 11.0 Å². The molecule has 1 N–H and O–H groups in total. The fourth-order valence-electron chi connectivity index (χ4n) is 1.94. The summed E-state index contributed by atoms with van der Waals surface area (Å²) in [5.41, 5.74) is -0.758. The van der Waals surface area contributed by atoms with Gasteiger partial charge in [0.15, 0.2) is 5.82 Å². The Labute approximate surface area is 158 Å². The molecule has 1 aliphatic rings. The van der Waals surface area contributed by atoms with Gasteiger partial charge in [0.25, 0.3) is 0 Å². The molecule has 0 saturated carbocycles. The Morgan fingerprint density at radius 3 is 2.46 bits per heavy atom. The average molecular weight is 491 g/mol. The summed E-state index contributed by atoms with van der Waals surface area (Å²) in [6, 6.07) is 1.03. The van der Waals surface area contributed by atoms with Crippen LogP contribution in [0, 0.1) is 9.39 Å². The number of nitrogens with zero attached hydrogens (tertiary/aromatic N) is 1. The lowest BCUT2D eigenvalue weighted by atomic mass is 10.2. The van der Waals surface area contributed by atoms with Gasteiger partial charge in [-0.15, -0.1) is 0 Å². The van der Waals surface area contributed by atoms with Crippen LogP contribution < -0.4 is 5.32 Å². The first-order chi connectivity index (χ1) is 10.9. The predicted molar refractivity (Wildman–Crippen MR) is 97.4 cm³/mol. The Kier molecular flexibility index (Phi) is 5.68. The van der Waals surface area contributed by atoms with E-state index in [1.54, 1.807) is 43.4 Å². The molecule has 6 nitrogen and oxygen atoms in total. The van der Waals surface area contributed by atoms with E-state index in [0.717, 1.165) is 12.5 Å². The van der Waals surface area contributed by atoms with Gasteiger partial charge >= 0.3 is 6.09 Å². The molecule has 134 valence electrons. The standard InChI is InChI=1S/C14H17ClFIN2O4S/c1-14(2,3)23-13(20)18-8-7-9(11(16)12(17)10(8)15)24(21,22)19-5-4-6-19/h7H,4-6H2,1-3H3,(H,18,20). The Morgan fingerprint density at radius 1 is 1.42 bits per heavy atom. The van der Waals surface area contributed by atoms with Crippen LogP contribution in [0.25, 0.3) is 0 Å². The number of rotatable bonds is 3. The summed E-state index contributed by atoms with van der Waals surface area (Å²) < 4.78 is 45.5. The maximum atomic E-state index is 14.4. The van der Waals surface area contributed by atoms with Crippen LogP contribution in [0.4, 0.5) is 14.9 Å². The summed E-state index contributed by atoms with van der Waals surface area (Å²) in [6.07, 6.45) is -0.0757. The molecule has 2 rings (SSSR count). The molecule has 0 spiro atoms. The van der Waals surface area contributed by atoms with E-state index in [1.165, 1.54) is 4.31 Å². The molecule has 1 saturated heterocycles. The number of benzene rings is 1. The molecule has 10 heteroatoms. The number of halogens is 3. The molecule has 0 aromatic heterocycles. The van der Waals surface area contributed by atoms with Crippen LogP contribution in [0.5, 0.6) is 0 Å². The maximum absolute atomic E-state index is 14.4. The molecule has 0 aliphatic carbocycles. The zero-order chi connectivity index (χ0) is 18.3. The van der Waals surface area contributed by atoms with Gasteiger partial charge in [-0.05, 0) is 55.8 Å². The summed E-state index contributed by atoms with van der Waals surface area (Å²) >= 11 is 7.64. The molecule has 1 fully saturated rings. The quantitative estimate of drug-likeness (QED) is 0.516. The largest absolute Gasteiger partial charge is 0.444 e. The first-order valence-electron chi connectivity index (χ1n) is 7.11. The summed E-state index contributed by atoms with van der Waals surface area (Å²) in [5, 5.41) is 2.29. The fraction of sp³-hybridized carbons (Fsp3) is 0.500. The SMILES string of the molecule is CC(C)(C)OC(=O)Nc1cc(S(=O)(=O)N2CCC2)c(F)c(I)c1Cl. The second-order valence-electron chi connectivity index (χ2n) is 6.25. The van der Waals surface area contributed by atoms with E-state index in [0.29, 0.717) is 13.1 Å². The molecule has 1 amide bonds. The Bertz CT molecular complexity index is 776. The third-order valence-corrected chi connectivity index (χ3v) is 6.80. The van der Waals surface area contributed by atoms with Gasteiger partial charge in [-0.2, -0.15) is 4.31 Å². The number of anilines is 1. The normalized spacial score (nSPS) is 15.8. The number of amides is 1. The van der Waals surface area contributed by atoms with Crippen molar-refractivity contribution in [3.63, 3.8) is 0 Å². The Morgan fingerprint density at radius 2 is 2.00 bits per heavy atom. The van der Waals surface area contributed by atoms with Gasteiger partial charge in [-0.1, -0.05) is 11.6 Å². The van der Waals surface area contributed by atoms with Crippen molar-refractivity contribution in [2.75, 3.05) is 18.4 Å². The molecule has 0 bridgehead atoms. The second kappa shape index (κ2) is 6.93. The van der Waals surface area contributed by atoms with E-state index in [-0.39, 0.29) is 14.3 Å². The minimum Gasteiger partial charge on any atom is -0.444 e. The van der Waals surface area contributed by atoms with Gasteiger partial charge in [-0.25, -0.2) is 17.6 Å². The summed E-state index contributed by atoms with van der Waals surface area (Å²) in [4.78, 5) is 11.4. The molecule has 24 heavy (non-hydrogen) atoms. The Hall–Kier alpha value is -0.650.